The molecule has 2 rings (SSSR count). The summed E-state index contributed by atoms with van der Waals surface area (Å²) in [5.41, 5.74) is 1.01. The summed E-state index contributed by atoms with van der Waals surface area (Å²) in [5, 5.41) is 3.72. The molecule has 2 nitrogen and oxygen atoms in total. The quantitative estimate of drug-likeness (QED) is 0.810. The zero-order valence-electron chi connectivity index (χ0n) is 12.2. The molecule has 1 aliphatic heterocycles. The summed E-state index contributed by atoms with van der Waals surface area (Å²) < 4.78 is 0. The van der Waals surface area contributed by atoms with Gasteiger partial charge in [0.2, 0.25) is 0 Å². The van der Waals surface area contributed by atoms with Gasteiger partial charge in [-0.15, -0.1) is 0 Å². The summed E-state index contributed by atoms with van der Waals surface area (Å²) in [7, 11) is 0. The molecule has 2 fully saturated rings. The molecule has 0 amide bonds. The van der Waals surface area contributed by atoms with E-state index in [4.69, 9.17) is 0 Å². The Kier molecular flexibility index (Phi) is 3.84. The lowest BCUT2D eigenvalue weighted by molar-refractivity contribution is 0.00846. The largest absolute Gasteiger partial charge is 0.309 e. The lowest BCUT2D eigenvalue weighted by Gasteiger charge is -2.51. The van der Waals surface area contributed by atoms with Crippen molar-refractivity contribution in [2.24, 2.45) is 5.41 Å². The second kappa shape index (κ2) is 4.89. The summed E-state index contributed by atoms with van der Waals surface area (Å²) in [6, 6.07) is 0.707. The van der Waals surface area contributed by atoms with E-state index in [1.54, 1.807) is 0 Å². The number of nitrogens with zero attached hydrogens (tertiary/aromatic N) is 1. The Balaban J connectivity index is 1.98. The normalized spacial score (nSPS) is 37.8. The zero-order valence-corrected chi connectivity index (χ0v) is 12.2. The van der Waals surface area contributed by atoms with Crippen LogP contribution in [0.3, 0.4) is 0 Å². The number of hydrogen-bond acceptors (Lipinski definition) is 2. The smallest absolute Gasteiger partial charge is 0.0278 e. The molecule has 0 aromatic carbocycles. The van der Waals surface area contributed by atoms with Gasteiger partial charge in [-0.25, -0.2) is 0 Å². The van der Waals surface area contributed by atoms with Crippen LogP contribution in [0.1, 0.15) is 59.8 Å². The molecule has 0 spiro atoms. The van der Waals surface area contributed by atoms with Crippen molar-refractivity contribution in [2.45, 2.75) is 71.4 Å². The third-order valence-electron chi connectivity index (χ3n) is 5.48. The van der Waals surface area contributed by atoms with E-state index in [-0.39, 0.29) is 0 Å². The SMILES string of the molecule is CCC1(CN2CC(C)(CC)NCC2C)CCC1. The van der Waals surface area contributed by atoms with Gasteiger partial charge in [-0.05, 0) is 44.9 Å². The average molecular weight is 238 g/mol. The molecular formula is C15H30N2. The molecule has 100 valence electrons. The summed E-state index contributed by atoms with van der Waals surface area (Å²) in [4.78, 5) is 2.75. The first kappa shape index (κ1) is 13.4. The molecule has 0 aromatic heterocycles. The van der Waals surface area contributed by atoms with Crippen LogP contribution < -0.4 is 5.32 Å². The van der Waals surface area contributed by atoms with Crippen LogP contribution in [-0.4, -0.2) is 36.1 Å². The predicted molar refractivity (Wildman–Crippen MR) is 74.3 cm³/mol. The number of piperazine rings is 1. The van der Waals surface area contributed by atoms with Crippen molar-refractivity contribution in [1.29, 1.82) is 0 Å². The van der Waals surface area contributed by atoms with Gasteiger partial charge >= 0.3 is 0 Å². The highest BCUT2D eigenvalue weighted by molar-refractivity contribution is 4.97. The Bertz CT molecular complexity index is 254. The molecule has 17 heavy (non-hydrogen) atoms. The second-order valence-electron chi connectivity index (χ2n) is 6.76. The van der Waals surface area contributed by atoms with Crippen LogP contribution in [0.15, 0.2) is 0 Å². The van der Waals surface area contributed by atoms with Crippen LogP contribution in [0, 0.1) is 5.41 Å². The van der Waals surface area contributed by atoms with Gasteiger partial charge in [-0.2, -0.15) is 0 Å². The lowest BCUT2D eigenvalue weighted by atomic mass is 9.66. The third-order valence-corrected chi connectivity index (χ3v) is 5.48. The van der Waals surface area contributed by atoms with Crippen molar-refractivity contribution in [2.75, 3.05) is 19.6 Å². The van der Waals surface area contributed by atoms with Gasteiger partial charge in [0.25, 0.3) is 0 Å². The van der Waals surface area contributed by atoms with Crippen LogP contribution in [0.4, 0.5) is 0 Å². The summed E-state index contributed by atoms with van der Waals surface area (Å²) in [6.07, 6.45) is 6.98. The fourth-order valence-electron chi connectivity index (χ4n) is 3.36. The van der Waals surface area contributed by atoms with Crippen LogP contribution in [-0.2, 0) is 0 Å². The average Bonchev–Trinajstić information content (AvgIpc) is 2.28. The fourth-order valence-corrected chi connectivity index (χ4v) is 3.36. The highest BCUT2D eigenvalue weighted by Gasteiger charge is 2.40. The summed E-state index contributed by atoms with van der Waals surface area (Å²) in [6.45, 7) is 13.2. The monoisotopic (exact) mass is 238 g/mol. The minimum atomic E-state index is 0.338. The second-order valence-corrected chi connectivity index (χ2v) is 6.76. The first-order valence-electron chi connectivity index (χ1n) is 7.52. The van der Waals surface area contributed by atoms with E-state index in [9.17, 15) is 0 Å². The molecule has 2 heteroatoms. The van der Waals surface area contributed by atoms with E-state index in [2.05, 4.69) is 37.9 Å². The molecular weight excluding hydrogens is 208 g/mol. The van der Waals surface area contributed by atoms with Gasteiger partial charge in [-0.1, -0.05) is 20.3 Å². The van der Waals surface area contributed by atoms with Crippen molar-refractivity contribution < 1.29 is 0 Å². The van der Waals surface area contributed by atoms with Crippen molar-refractivity contribution in [3.63, 3.8) is 0 Å². The maximum Gasteiger partial charge on any atom is 0.0278 e. The van der Waals surface area contributed by atoms with Crippen molar-refractivity contribution in [3.8, 4) is 0 Å². The molecule has 1 aliphatic carbocycles. The van der Waals surface area contributed by atoms with Gasteiger partial charge in [0.15, 0.2) is 0 Å². The van der Waals surface area contributed by atoms with Crippen molar-refractivity contribution in [1.82, 2.24) is 10.2 Å². The van der Waals surface area contributed by atoms with Crippen LogP contribution in [0.2, 0.25) is 0 Å². The Morgan fingerprint density at radius 2 is 1.94 bits per heavy atom. The molecule has 2 aliphatic rings. The summed E-state index contributed by atoms with van der Waals surface area (Å²) >= 11 is 0. The minimum absolute atomic E-state index is 0.338. The maximum absolute atomic E-state index is 3.72. The van der Waals surface area contributed by atoms with Gasteiger partial charge in [0, 0.05) is 31.2 Å². The Hall–Kier alpha value is -0.0800. The van der Waals surface area contributed by atoms with Crippen molar-refractivity contribution >= 4 is 0 Å². The number of hydrogen-bond donors (Lipinski definition) is 1. The molecule has 1 saturated heterocycles. The Labute approximate surface area is 107 Å². The first-order valence-corrected chi connectivity index (χ1v) is 7.52. The minimum Gasteiger partial charge on any atom is -0.309 e. The standard InChI is InChI=1S/C15H30N2/c1-5-14(4)11-17(13(3)10-16-14)12-15(6-2)8-7-9-15/h13,16H,5-12H2,1-4H3. The highest BCUT2D eigenvalue weighted by Crippen LogP contribution is 2.45. The van der Waals surface area contributed by atoms with Crippen LogP contribution in [0.25, 0.3) is 0 Å². The Morgan fingerprint density at radius 3 is 2.41 bits per heavy atom. The van der Waals surface area contributed by atoms with Gasteiger partial charge in [0.05, 0.1) is 0 Å². The van der Waals surface area contributed by atoms with E-state index in [1.807, 2.05) is 0 Å². The van der Waals surface area contributed by atoms with E-state index >= 15 is 0 Å². The molecule has 1 heterocycles. The van der Waals surface area contributed by atoms with Crippen molar-refractivity contribution in [3.05, 3.63) is 0 Å². The van der Waals surface area contributed by atoms with Gasteiger partial charge in [0.1, 0.15) is 0 Å². The fraction of sp³-hybridized carbons (Fsp3) is 1.00. The van der Waals surface area contributed by atoms with E-state index in [1.165, 1.54) is 45.2 Å². The van der Waals surface area contributed by atoms with Gasteiger partial charge < -0.3 is 5.32 Å². The molecule has 0 aromatic rings. The molecule has 1 saturated carbocycles. The maximum atomic E-state index is 3.72. The Morgan fingerprint density at radius 1 is 1.24 bits per heavy atom. The molecule has 1 N–H and O–H groups in total. The van der Waals surface area contributed by atoms with Crippen LogP contribution >= 0.6 is 0 Å². The molecule has 0 bridgehead atoms. The van der Waals surface area contributed by atoms with E-state index < -0.39 is 0 Å². The summed E-state index contributed by atoms with van der Waals surface area (Å²) in [5.74, 6) is 0. The zero-order chi connectivity index (χ0) is 12.5. The molecule has 2 atom stereocenters. The van der Waals surface area contributed by atoms with Crippen LogP contribution in [0.5, 0.6) is 0 Å². The topological polar surface area (TPSA) is 15.3 Å². The molecule has 0 radical (unpaired) electrons. The first-order chi connectivity index (χ1) is 8.02. The third kappa shape index (κ3) is 2.68. The lowest BCUT2D eigenvalue weighted by Crippen LogP contribution is -2.63. The highest BCUT2D eigenvalue weighted by atomic mass is 15.3. The predicted octanol–water partition coefficient (Wildman–Crippen LogP) is 3.03. The van der Waals surface area contributed by atoms with E-state index in [0.29, 0.717) is 17.0 Å². The van der Waals surface area contributed by atoms with Gasteiger partial charge in [-0.3, -0.25) is 4.90 Å². The number of nitrogens with one attached hydrogen (secondary N) is 1. The van der Waals surface area contributed by atoms with E-state index in [0.717, 1.165) is 6.54 Å². The number of rotatable bonds is 4. The molecule has 2 unspecified atom stereocenters.